The van der Waals surface area contributed by atoms with Crippen molar-refractivity contribution in [2.75, 3.05) is 25.5 Å². The van der Waals surface area contributed by atoms with E-state index in [9.17, 15) is 23.2 Å². The van der Waals surface area contributed by atoms with Gasteiger partial charge in [-0.15, -0.1) is 0 Å². The smallest absolute Gasteiger partial charge is 0.277 e. The number of likely N-dealkylation sites (tertiary alicyclic amines) is 1. The van der Waals surface area contributed by atoms with Gasteiger partial charge < -0.3 is 14.8 Å². The number of aryl methyl sites for hydroxylation is 1. The minimum atomic E-state index is -2.93. The molecule has 10 heteroatoms. The summed E-state index contributed by atoms with van der Waals surface area (Å²) in [5, 5.41) is 13.4. The Morgan fingerprint density at radius 2 is 1.91 bits per heavy atom. The first-order valence-corrected chi connectivity index (χ1v) is 11.5. The number of rotatable bonds is 6. The Morgan fingerprint density at radius 3 is 2.51 bits per heavy atom. The van der Waals surface area contributed by atoms with E-state index in [1.165, 1.54) is 12.1 Å². The van der Waals surface area contributed by atoms with E-state index >= 15 is 0 Å². The molecule has 1 aromatic carbocycles. The minimum absolute atomic E-state index is 0.0467. The fourth-order valence-electron chi connectivity index (χ4n) is 4.89. The third-order valence-corrected chi connectivity index (χ3v) is 7.00. The zero-order valence-corrected chi connectivity index (χ0v) is 19.6. The van der Waals surface area contributed by atoms with Crippen LogP contribution in [-0.4, -0.2) is 39.6 Å². The lowest BCUT2D eigenvalue weighted by Crippen LogP contribution is -2.49. The topological polar surface area (TPSA) is 86.8 Å². The Balaban J connectivity index is 1.64. The van der Waals surface area contributed by atoms with Crippen LogP contribution in [-0.2, 0) is 5.41 Å². The summed E-state index contributed by atoms with van der Waals surface area (Å²) in [4.78, 5) is 24.6. The van der Waals surface area contributed by atoms with Gasteiger partial charge in [0.2, 0.25) is 0 Å². The largest absolute Gasteiger partial charge is 0.363 e. The van der Waals surface area contributed by atoms with E-state index < -0.39 is 29.3 Å². The lowest BCUT2D eigenvalue weighted by atomic mass is 9.98. The first kappa shape index (κ1) is 23.3. The maximum Gasteiger partial charge on any atom is 0.277 e. The number of nitrogens with zero attached hydrogens (tertiary/aromatic N) is 5. The molecule has 1 aliphatic carbocycles. The zero-order chi connectivity index (χ0) is 25.1. The molecule has 35 heavy (non-hydrogen) atoms. The first-order chi connectivity index (χ1) is 16.6. The molecule has 2 aliphatic rings. The summed E-state index contributed by atoms with van der Waals surface area (Å²) in [7, 11) is 1.97. The Hall–Kier alpha value is -3.45. The van der Waals surface area contributed by atoms with Crippen molar-refractivity contribution in [1.29, 1.82) is 5.26 Å². The summed E-state index contributed by atoms with van der Waals surface area (Å²) in [6, 6.07) is 7.30. The number of fused-ring (bicyclic) bond motifs is 1. The standard InChI is InChI=1S/C25H25F3N6O/c1-13(16-5-4-6-17(20(16)26)22(27)28)30-23-18-9-19(25(12-29)7-8-25)34(15-10-33(3)11-15)24(35)21(18)31-14(2)32-23/h4-6,9,13,15,22H,7-8,10-11H2,1-3H3,(H,30,31,32)/t13-/m1/s1. The molecule has 2 aromatic heterocycles. The molecule has 3 heterocycles. The van der Waals surface area contributed by atoms with Crippen molar-refractivity contribution in [3.8, 4) is 6.07 Å². The number of benzene rings is 1. The van der Waals surface area contributed by atoms with Crippen molar-refractivity contribution >= 4 is 16.7 Å². The molecule has 182 valence electrons. The van der Waals surface area contributed by atoms with Gasteiger partial charge in [0.1, 0.15) is 23.0 Å². The van der Waals surface area contributed by atoms with Crippen molar-refractivity contribution in [2.45, 2.75) is 50.6 Å². The Labute approximate surface area is 200 Å². The summed E-state index contributed by atoms with van der Waals surface area (Å²) < 4.78 is 42.9. The number of nitriles is 1. The summed E-state index contributed by atoms with van der Waals surface area (Å²) in [6.45, 7) is 4.69. The lowest BCUT2D eigenvalue weighted by molar-refractivity contribution is 0.135. The number of halogens is 3. The monoisotopic (exact) mass is 482 g/mol. The van der Waals surface area contributed by atoms with E-state index in [0.29, 0.717) is 48.7 Å². The fourth-order valence-corrected chi connectivity index (χ4v) is 4.89. The van der Waals surface area contributed by atoms with Crippen molar-refractivity contribution in [3.63, 3.8) is 0 Å². The third kappa shape index (κ3) is 3.84. The van der Waals surface area contributed by atoms with Gasteiger partial charge in [0, 0.05) is 24.3 Å². The van der Waals surface area contributed by atoms with Gasteiger partial charge in [-0.3, -0.25) is 4.79 Å². The van der Waals surface area contributed by atoms with E-state index in [1.807, 2.05) is 7.05 Å². The van der Waals surface area contributed by atoms with Crippen LogP contribution in [0.5, 0.6) is 0 Å². The molecule has 0 amide bonds. The highest BCUT2D eigenvalue weighted by molar-refractivity contribution is 5.89. The van der Waals surface area contributed by atoms with E-state index in [0.717, 1.165) is 6.07 Å². The highest BCUT2D eigenvalue weighted by Gasteiger charge is 2.49. The summed E-state index contributed by atoms with van der Waals surface area (Å²) in [5.41, 5.74) is -0.767. The summed E-state index contributed by atoms with van der Waals surface area (Å²) in [6.07, 6.45) is -1.61. The molecule has 1 N–H and O–H groups in total. The molecule has 1 atom stereocenters. The summed E-state index contributed by atoms with van der Waals surface area (Å²) in [5.74, 6) is -0.333. The van der Waals surface area contributed by atoms with Crippen molar-refractivity contribution in [3.05, 3.63) is 63.1 Å². The van der Waals surface area contributed by atoms with E-state index in [1.54, 1.807) is 24.5 Å². The number of nitrogens with one attached hydrogen (secondary N) is 1. The molecule has 1 aliphatic heterocycles. The highest BCUT2D eigenvalue weighted by atomic mass is 19.3. The molecule has 0 unspecified atom stereocenters. The highest BCUT2D eigenvalue weighted by Crippen LogP contribution is 2.49. The maximum atomic E-state index is 14.8. The number of aromatic nitrogens is 3. The molecule has 5 rings (SSSR count). The lowest BCUT2D eigenvalue weighted by Gasteiger charge is -2.39. The molecule has 1 saturated heterocycles. The van der Waals surface area contributed by atoms with Crippen LogP contribution in [0.2, 0.25) is 0 Å². The van der Waals surface area contributed by atoms with Crippen LogP contribution in [0.25, 0.3) is 10.9 Å². The molecule has 0 spiro atoms. The number of likely N-dealkylation sites (N-methyl/N-ethyl adjacent to an activating group) is 1. The van der Waals surface area contributed by atoms with Gasteiger partial charge >= 0.3 is 0 Å². The second-order valence-corrected chi connectivity index (χ2v) is 9.57. The first-order valence-electron chi connectivity index (χ1n) is 11.5. The van der Waals surface area contributed by atoms with E-state index in [4.69, 9.17) is 0 Å². The van der Waals surface area contributed by atoms with Crippen LogP contribution in [0.15, 0.2) is 29.1 Å². The second-order valence-electron chi connectivity index (χ2n) is 9.57. The molecule has 2 fully saturated rings. The van der Waals surface area contributed by atoms with Crippen LogP contribution in [0.3, 0.4) is 0 Å². The molecular weight excluding hydrogens is 457 g/mol. The Kier molecular flexibility index (Phi) is 5.55. The van der Waals surface area contributed by atoms with Crippen molar-refractivity contribution in [1.82, 2.24) is 19.4 Å². The van der Waals surface area contributed by atoms with E-state index in [2.05, 4.69) is 26.3 Å². The number of hydrogen-bond acceptors (Lipinski definition) is 6. The van der Waals surface area contributed by atoms with Crippen LogP contribution < -0.4 is 10.9 Å². The SMILES string of the molecule is Cc1nc(N[C@H](C)c2cccc(C(F)F)c2F)c2cc(C3(C#N)CC3)n(C3CN(C)C3)c(=O)c2n1. The number of hydrogen-bond donors (Lipinski definition) is 1. The predicted molar refractivity (Wildman–Crippen MR) is 125 cm³/mol. The van der Waals surface area contributed by atoms with Gasteiger partial charge in [-0.2, -0.15) is 5.26 Å². The molecule has 0 bridgehead atoms. The molecule has 0 radical (unpaired) electrons. The predicted octanol–water partition coefficient (Wildman–Crippen LogP) is 4.39. The Bertz CT molecular complexity index is 1420. The normalized spacial score (nSPS) is 18.3. The van der Waals surface area contributed by atoms with E-state index in [-0.39, 0.29) is 22.7 Å². The second kappa shape index (κ2) is 8.34. The molecule has 1 saturated carbocycles. The van der Waals surface area contributed by atoms with Gasteiger partial charge in [0.15, 0.2) is 0 Å². The van der Waals surface area contributed by atoms with Gasteiger partial charge in [-0.1, -0.05) is 18.2 Å². The van der Waals surface area contributed by atoms with Gasteiger partial charge in [-0.05, 0) is 39.8 Å². The maximum absolute atomic E-state index is 14.8. The van der Waals surface area contributed by atoms with Crippen molar-refractivity contribution in [2.24, 2.45) is 0 Å². The van der Waals surface area contributed by atoms with Crippen LogP contribution in [0.1, 0.15) is 60.9 Å². The number of anilines is 1. The zero-order valence-electron chi connectivity index (χ0n) is 19.6. The van der Waals surface area contributed by atoms with Crippen LogP contribution in [0.4, 0.5) is 19.0 Å². The van der Waals surface area contributed by atoms with Crippen LogP contribution >= 0.6 is 0 Å². The third-order valence-electron chi connectivity index (χ3n) is 7.00. The minimum Gasteiger partial charge on any atom is -0.363 e. The number of alkyl halides is 2. The van der Waals surface area contributed by atoms with Gasteiger partial charge in [0.25, 0.3) is 12.0 Å². The Morgan fingerprint density at radius 1 is 1.23 bits per heavy atom. The van der Waals surface area contributed by atoms with Gasteiger partial charge in [0.05, 0.1) is 34.5 Å². The van der Waals surface area contributed by atoms with Gasteiger partial charge in [-0.25, -0.2) is 23.1 Å². The van der Waals surface area contributed by atoms with Crippen LogP contribution in [0, 0.1) is 24.1 Å². The molecule has 7 nitrogen and oxygen atoms in total. The molecular formula is C25H25F3N6O. The van der Waals surface area contributed by atoms with Crippen molar-refractivity contribution < 1.29 is 13.2 Å². The average molecular weight is 483 g/mol. The quantitative estimate of drug-likeness (QED) is 0.561. The number of pyridine rings is 1. The fraction of sp³-hybridized carbons (Fsp3) is 0.440. The average Bonchev–Trinajstić information content (AvgIpc) is 3.59. The molecule has 3 aromatic rings. The summed E-state index contributed by atoms with van der Waals surface area (Å²) >= 11 is 0.